The predicted octanol–water partition coefficient (Wildman–Crippen LogP) is 3.66. The van der Waals surface area contributed by atoms with Crippen molar-refractivity contribution in [2.45, 2.75) is 38.8 Å². The molecule has 1 atom stereocenters. The number of hydroxylamine groups is 1. The van der Waals surface area contributed by atoms with Crippen molar-refractivity contribution in [3.63, 3.8) is 0 Å². The third-order valence-corrected chi connectivity index (χ3v) is 5.65. The van der Waals surface area contributed by atoms with E-state index in [-0.39, 0.29) is 0 Å². The molecular weight excluding hydrogens is 378 g/mol. The van der Waals surface area contributed by atoms with E-state index < -0.39 is 5.91 Å². The first-order valence-electron chi connectivity index (χ1n) is 10.4. The Bertz CT molecular complexity index is 1070. The van der Waals surface area contributed by atoms with Crippen molar-refractivity contribution in [2.75, 3.05) is 13.1 Å². The second kappa shape index (κ2) is 8.77. The second-order valence-electron chi connectivity index (χ2n) is 7.97. The van der Waals surface area contributed by atoms with Gasteiger partial charge in [-0.2, -0.15) is 0 Å². The molecule has 1 amide bonds. The lowest BCUT2D eigenvalue weighted by Crippen LogP contribution is -2.40. The highest BCUT2D eigenvalue weighted by Gasteiger charge is 2.27. The molecule has 4 rings (SSSR count). The third kappa shape index (κ3) is 4.13. The van der Waals surface area contributed by atoms with Gasteiger partial charge in [-0.3, -0.25) is 14.9 Å². The molecule has 3 heterocycles. The molecule has 0 aliphatic carbocycles. The van der Waals surface area contributed by atoms with Gasteiger partial charge in [0.05, 0.1) is 0 Å². The van der Waals surface area contributed by atoms with E-state index in [1.54, 1.807) is 11.6 Å². The van der Waals surface area contributed by atoms with Crippen molar-refractivity contribution < 1.29 is 10.0 Å². The number of aromatic nitrogens is 3. The van der Waals surface area contributed by atoms with Gasteiger partial charge in [0.1, 0.15) is 11.3 Å². The maximum atomic E-state index is 11.3. The number of rotatable bonds is 5. The second-order valence-corrected chi connectivity index (χ2v) is 7.97. The Labute approximate surface area is 176 Å². The number of carbonyl (C=O) groups excluding carboxylic acids is 1. The molecule has 1 aromatic carbocycles. The third-order valence-electron chi connectivity index (χ3n) is 5.65. The van der Waals surface area contributed by atoms with Gasteiger partial charge < -0.3 is 4.57 Å². The molecule has 1 fully saturated rings. The summed E-state index contributed by atoms with van der Waals surface area (Å²) >= 11 is 0. The molecule has 2 N–H and O–H groups in total. The Morgan fingerprint density at radius 1 is 1.30 bits per heavy atom. The molecule has 0 radical (unpaired) electrons. The van der Waals surface area contributed by atoms with E-state index in [2.05, 4.69) is 28.3 Å². The molecule has 1 saturated heterocycles. The summed E-state index contributed by atoms with van der Waals surface area (Å²) < 4.78 is 2.28. The highest BCUT2D eigenvalue weighted by atomic mass is 16.5. The summed E-state index contributed by atoms with van der Waals surface area (Å²) in [4.78, 5) is 23.4. The minimum absolute atomic E-state index is 0.301. The van der Waals surface area contributed by atoms with E-state index in [1.807, 2.05) is 42.6 Å². The van der Waals surface area contributed by atoms with Crippen LogP contribution in [0.15, 0.2) is 48.7 Å². The van der Waals surface area contributed by atoms with Crippen LogP contribution in [0.2, 0.25) is 0 Å². The minimum atomic E-state index is -0.562. The number of pyridine rings is 1. The van der Waals surface area contributed by atoms with Gasteiger partial charge in [-0.15, -0.1) is 0 Å². The van der Waals surface area contributed by atoms with Crippen LogP contribution >= 0.6 is 0 Å². The summed E-state index contributed by atoms with van der Waals surface area (Å²) in [5.74, 6) is 0.328. The van der Waals surface area contributed by atoms with Crippen LogP contribution in [0.4, 0.5) is 0 Å². The van der Waals surface area contributed by atoms with Gasteiger partial charge in [0, 0.05) is 36.5 Å². The first-order chi connectivity index (χ1) is 14.6. The highest BCUT2D eigenvalue weighted by Crippen LogP contribution is 2.32. The number of benzene rings is 1. The molecule has 30 heavy (non-hydrogen) atoms. The van der Waals surface area contributed by atoms with E-state index in [9.17, 15) is 4.79 Å². The van der Waals surface area contributed by atoms with Gasteiger partial charge in [0.2, 0.25) is 0 Å². The smallest absolute Gasteiger partial charge is 0.267 e. The number of nitrogens with zero attached hydrogens (tertiary/aromatic N) is 4. The van der Waals surface area contributed by atoms with Gasteiger partial charge in [0.15, 0.2) is 5.65 Å². The molecule has 2 aromatic heterocycles. The maximum Gasteiger partial charge on any atom is 0.267 e. The van der Waals surface area contributed by atoms with Crippen molar-refractivity contribution in [2.24, 2.45) is 0 Å². The van der Waals surface area contributed by atoms with Crippen LogP contribution in [0.1, 0.15) is 38.3 Å². The molecule has 1 aliphatic heterocycles. The van der Waals surface area contributed by atoms with Crippen LogP contribution in [-0.2, 0) is 4.79 Å². The number of hydrogen-bond acceptors (Lipinski definition) is 5. The Morgan fingerprint density at radius 3 is 2.97 bits per heavy atom. The zero-order valence-electron chi connectivity index (χ0n) is 17.3. The number of imidazole rings is 1. The van der Waals surface area contributed by atoms with Crippen LogP contribution < -0.4 is 5.48 Å². The van der Waals surface area contributed by atoms with E-state index in [0.717, 1.165) is 54.0 Å². The average Bonchev–Trinajstić information content (AvgIpc) is 3.17. The van der Waals surface area contributed by atoms with Crippen molar-refractivity contribution in [1.29, 1.82) is 0 Å². The van der Waals surface area contributed by atoms with E-state index in [1.165, 1.54) is 6.08 Å². The average molecular weight is 406 g/mol. The standard InChI is InChI=1S/C23H27N5O2/c1-16(2)27-13-5-8-19(15-27)28-22(25-20-9-4-12-24-23(20)28)18-7-3-6-17(14-18)10-11-21(29)26-30/h3-4,6-7,9-12,14,16,19,30H,5,8,13,15H2,1-2H3,(H,26,29). The maximum absolute atomic E-state index is 11.3. The van der Waals surface area contributed by atoms with E-state index in [4.69, 9.17) is 10.2 Å². The van der Waals surface area contributed by atoms with E-state index in [0.29, 0.717) is 12.1 Å². The van der Waals surface area contributed by atoms with Crippen LogP contribution in [0.25, 0.3) is 28.6 Å². The fourth-order valence-corrected chi connectivity index (χ4v) is 4.13. The van der Waals surface area contributed by atoms with Gasteiger partial charge in [-0.1, -0.05) is 18.2 Å². The number of hydrogen-bond donors (Lipinski definition) is 2. The topological polar surface area (TPSA) is 83.3 Å². The molecule has 7 heteroatoms. The van der Waals surface area contributed by atoms with Gasteiger partial charge in [-0.05, 0) is 63.1 Å². The number of likely N-dealkylation sites (tertiary alicyclic amines) is 1. The number of fused-ring (bicyclic) bond motifs is 1. The number of carbonyl (C=O) groups is 1. The van der Waals surface area contributed by atoms with Crippen LogP contribution in [-0.4, -0.2) is 49.7 Å². The van der Waals surface area contributed by atoms with Gasteiger partial charge >= 0.3 is 0 Å². The first-order valence-corrected chi connectivity index (χ1v) is 10.4. The van der Waals surface area contributed by atoms with Crippen molar-refractivity contribution in [3.05, 3.63) is 54.2 Å². The fourth-order valence-electron chi connectivity index (χ4n) is 4.13. The zero-order valence-corrected chi connectivity index (χ0v) is 17.3. The lowest BCUT2D eigenvalue weighted by Gasteiger charge is -2.36. The van der Waals surface area contributed by atoms with Gasteiger partial charge in [0.25, 0.3) is 5.91 Å². The molecule has 0 saturated carbocycles. The monoisotopic (exact) mass is 405 g/mol. The molecule has 1 unspecified atom stereocenters. The molecule has 1 aliphatic rings. The predicted molar refractivity (Wildman–Crippen MR) is 117 cm³/mol. The largest absolute Gasteiger partial charge is 0.304 e. The Kier molecular flexibility index (Phi) is 5.92. The molecule has 0 spiro atoms. The fraction of sp³-hybridized carbons (Fsp3) is 0.348. The molecule has 156 valence electrons. The summed E-state index contributed by atoms with van der Waals surface area (Å²) in [6.07, 6.45) is 7.02. The number of nitrogens with one attached hydrogen (secondary N) is 1. The zero-order chi connectivity index (χ0) is 21.1. The Balaban J connectivity index is 1.77. The summed E-state index contributed by atoms with van der Waals surface area (Å²) in [5.41, 5.74) is 5.23. The van der Waals surface area contributed by atoms with Crippen molar-refractivity contribution in [3.8, 4) is 11.4 Å². The number of piperidine rings is 1. The lowest BCUT2D eigenvalue weighted by molar-refractivity contribution is -0.124. The molecular formula is C23H27N5O2. The lowest BCUT2D eigenvalue weighted by atomic mass is 10.0. The summed E-state index contributed by atoms with van der Waals surface area (Å²) in [6, 6.07) is 12.6. The normalized spacial score (nSPS) is 17.8. The molecule has 7 nitrogen and oxygen atoms in total. The summed E-state index contributed by atoms with van der Waals surface area (Å²) in [7, 11) is 0. The summed E-state index contributed by atoms with van der Waals surface area (Å²) in [5, 5.41) is 8.69. The molecule has 3 aromatic rings. The minimum Gasteiger partial charge on any atom is -0.304 e. The van der Waals surface area contributed by atoms with Crippen molar-refractivity contribution in [1.82, 2.24) is 24.9 Å². The van der Waals surface area contributed by atoms with Crippen molar-refractivity contribution >= 4 is 23.1 Å². The first kappa shape index (κ1) is 20.3. The Hall–Kier alpha value is -3.03. The van der Waals surface area contributed by atoms with Crippen LogP contribution in [0.3, 0.4) is 0 Å². The van der Waals surface area contributed by atoms with E-state index >= 15 is 0 Å². The van der Waals surface area contributed by atoms with Gasteiger partial charge in [-0.25, -0.2) is 15.4 Å². The quantitative estimate of drug-likeness (QED) is 0.384. The van der Waals surface area contributed by atoms with Crippen LogP contribution in [0, 0.1) is 0 Å². The Morgan fingerprint density at radius 2 is 2.17 bits per heavy atom. The SMILES string of the molecule is CC(C)N1CCCC(n2c(-c3cccc(C=CC(=O)NO)c3)nc3cccnc32)C1. The van der Waals surface area contributed by atoms with Crippen LogP contribution in [0.5, 0.6) is 0 Å². The summed E-state index contributed by atoms with van der Waals surface area (Å²) in [6.45, 7) is 6.58. The number of amides is 1. The molecule has 0 bridgehead atoms. The highest BCUT2D eigenvalue weighted by molar-refractivity contribution is 5.91.